The molecular formula is C14H20N4O. The highest BCUT2D eigenvalue weighted by Crippen LogP contribution is 2.24. The zero-order valence-corrected chi connectivity index (χ0v) is 10.9. The van der Waals surface area contributed by atoms with Gasteiger partial charge in [0.25, 0.3) is 0 Å². The molecular weight excluding hydrogens is 240 g/mol. The monoisotopic (exact) mass is 260 g/mol. The van der Waals surface area contributed by atoms with Crippen LogP contribution < -0.4 is 11.1 Å². The Balaban J connectivity index is 1.53. The highest BCUT2D eigenvalue weighted by molar-refractivity contribution is 5.57. The fourth-order valence-electron chi connectivity index (χ4n) is 2.61. The number of hydrogen-bond acceptors (Lipinski definition) is 4. The van der Waals surface area contributed by atoms with Crippen molar-refractivity contribution in [2.75, 3.05) is 11.9 Å². The van der Waals surface area contributed by atoms with Crippen LogP contribution in [0.3, 0.4) is 0 Å². The fraction of sp³-hybridized carbons (Fsp3) is 0.500. The highest BCUT2D eigenvalue weighted by Gasteiger charge is 2.18. The quantitative estimate of drug-likeness (QED) is 0.789. The van der Waals surface area contributed by atoms with Crippen molar-refractivity contribution in [1.82, 2.24) is 10.2 Å². The van der Waals surface area contributed by atoms with Gasteiger partial charge < -0.3 is 15.5 Å². The summed E-state index contributed by atoms with van der Waals surface area (Å²) in [6.07, 6.45) is 6.37. The van der Waals surface area contributed by atoms with Crippen molar-refractivity contribution in [2.24, 2.45) is 11.7 Å². The molecule has 19 heavy (non-hydrogen) atoms. The highest BCUT2D eigenvalue weighted by atomic mass is 16.3. The summed E-state index contributed by atoms with van der Waals surface area (Å²) in [6.45, 7) is 0.967. The number of nitrogens with two attached hydrogens (primary N) is 1. The first-order valence-electron chi connectivity index (χ1n) is 6.90. The van der Waals surface area contributed by atoms with Gasteiger partial charge in [-0.25, -0.2) is 0 Å². The number of anilines is 1. The minimum Gasteiger partial charge on any atom is -0.463 e. The maximum Gasteiger partial charge on any atom is 0.151 e. The van der Waals surface area contributed by atoms with Crippen molar-refractivity contribution >= 4 is 5.82 Å². The second-order valence-corrected chi connectivity index (χ2v) is 5.31. The van der Waals surface area contributed by atoms with Gasteiger partial charge in [0.1, 0.15) is 11.5 Å². The van der Waals surface area contributed by atoms with Gasteiger partial charge in [0.2, 0.25) is 0 Å². The Morgan fingerprint density at radius 1 is 1.37 bits per heavy atom. The predicted octanol–water partition coefficient (Wildman–Crippen LogP) is 2.60. The van der Waals surface area contributed by atoms with Crippen molar-refractivity contribution in [2.45, 2.75) is 31.7 Å². The first kappa shape index (κ1) is 12.3. The van der Waals surface area contributed by atoms with E-state index in [1.165, 1.54) is 12.8 Å². The van der Waals surface area contributed by atoms with Crippen LogP contribution in [0.5, 0.6) is 0 Å². The van der Waals surface area contributed by atoms with E-state index in [1.54, 1.807) is 6.26 Å². The minimum atomic E-state index is 0.409. The number of aromatic amines is 1. The lowest BCUT2D eigenvalue weighted by atomic mass is 9.86. The van der Waals surface area contributed by atoms with Crippen LogP contribution >= 0.6 is 0 Å². The fourth-order valence-corrected chi connectivity index (χ4v) is 2.61. The van der Waals surface area contributed by atoms with Crippen molar-refractivity contribution < 1.29 is 4.42 Å². The lowest BCUT2D eigenvalue weighted by Crippen LogP contribution is -2.29. The summed E-state index contributed by atoms with van der Waals surface area (Å²) in [6, 6.07) is 6.18. The molecule has 0 radical (unpaired) electrons. The van der Waals surface area contributed by atoms with E-state index in [4.69, 9.17) is 10.2 Å². The molecule has 0 bridgehead atoms. The number of furan rings is 1. The minimum absolute atomic E-state index is 0.409. The molecule has 0 aromatic carbocycles. The lowest BCUT2D eigenvalue weighted by Gasteiger charge is -2.25. The van der Waals surface area contributed by atoms with Crippen molar-refractivity contribution in [3.05, 3.63) is 24.5 Å². The Bertz CT molecular complexity index is 497. The Morgan fingerprint density at radius 2 is 2.21 bits per heavy atom. The molecule has 0 unspecified atom stereocenters. The van der Waals surface area contributed by atoms with Gasteiger partial charge in [0, 0.05) is 18.7 Å². The van der Waals surface area contributed by atoms with Crippen molar-refractivity contribution in [3.63, 3.8) is 0 Å². The molecule has 1 saturated carbocycles. The molecule has 1 aliphatic carbocycles. The maximum atomic E-state index is 5.91. The maximum absolute atomic E-state index is 5.91. The summed E-state index contributed by atoms with van der Waals surface area (Å²) in [5.74, 6) is 2.40. The van der Waals surface area contributed by atoms with Crippen LogP contribution in [-0.2, 0) is 0 Å². The number of nitrogens with one attached hydrogen (secondary N) is 2. The number of H-pyrrole nitrogens is 1. The van der Waals surface area contributed by atoms with Crippen LogP contribution in [0.1, 0.15) is 25.7 Å². The average molecular weight is 260 g/mol. The summed E-state index contributed by atoms with van der Waals surface area (Å²) >= 11 is 0. The SMILES string of the molecule is N[C@H]1CC[C@H](CNc2cc(-c3ccco3)[nH]n2)CC1. The number of hydrogen-bond donors (Lipinski definition) is 3. The second kappa shape index (κ2) is 5.48. The molecule has 0 atom stereocenters. The summed E-state index contributed by atoms with van der Waals surface area (Å²) in [7, 11) is 0. The van der Waals surface area contributed by atoms with Gasteiger partial charge in [-0.15, -0.1) is 0 Å². The number of nitrogens with zero attached hydrogens (tertiary/aromatic N) is 1. The van der Waals surface area contributed by atoms with Crippen LogP contribution in [0.25, 0.3) is 11.5 Å². The largest absolute Gasteiger partial charge is 0.463 e. The third-order valence-electron chi connectivity index (χ3n) is 3.83. The van der Waals surface area contributed by atoms with E-state index in [1.807, 2.05) is 18.2 Å². The van der Waals surface area contributed by atoms with Crippen molar-refractivity contribution in [3.8, 4) is 11.5 Å². The van der Waals surface area contributed by atoms with Gasteiger partial charge in [-0.3, -0.25) is 5.10 Å². The van der Waals surface area contributed by atoms with Gasteiger partial charge in [0.05, 0.1) is 6.26 Å². The Hall–Kier alpha value is -1.75. The van der Waals surface area contributed by atoms with E-state index in [9.17, 15) is 0 Å². The summed E-state index contributed by atoms with van der Waals surface area (Å²) in [5, 5.41) is 10.6. The van der Waals surface area contributed by atoms with Crippen LogP contribution in [0, 0.1) is 5.92 Å². The average Bonchev–Trinajstić information content (AvgIpc) is 3.09. The van der Waals surface area contributed by atoms with E-state index in [0.717, 1.165) is 36.7 Å². The summed E-state index contributed by atoms with van der Waals surface area (Å²) < 4.78 is 5.33. The zero-order chi connectivity index (χ0) is 13.1. The first-order valence-corrected chi connectivity index (χ1v) is 6.90. The second-order valence-electron chi connectivity index (χ2n) is 5.31. The normalized spacial score (nSPS) is 23.4. The van der Waals surface area contributed by atoms with Gasteiger partial charge in [-0.2, -0.15) is 5.10 Å². The topological polar surface area (TPSA) is 79.9 Å². The van der Waals surface area contributed by atoms with Gasteiger partial charge in [-0.1, -0.05) is 0 Å². The van der Waals surface area contributed by atoms with Gasteiger partial charge >= 0.3 is 0 Å². The molecule has 2 aromatic heterocycles. The van der Waals surface area contributed by atoms with E-state index >= 15 is 0 Å². The van der Waals surface area contributed by atoms with E-state index < -0.39 is 0 Å². The number of aromatic nitrogens is 2. The zero-order valence-electron chi connectivity index (χ0n) is 10.9. The van der Waals surface area contributed by atoms with E-state index in [-0.39, 0.29) is 0 Å². The third-order valence-corrected chi connectivity index (χ3v) is 3.83. The Kier molecular flexibility index (Phi) is 3.55. The molecule has 0 aliphatic heterocycles. The summed E-state index contributed by atoms with van der Waals surface area (Å²) in [5.41, 5.74) is 6.81. The smallest absolute Gasteiger partial charge is 0.151 e. The molecule has 1 fully saturated rings. The molecule has 2 aromatic rings. The molecule has 3 rings (SSSR count). The Morgan fingerprint density at radius 3 is 2.95 bits per heavy atom. The first-order chi connectivity index (χ1) is 9.31. The molecule has 0 spiro atoms. The number of rotatable bonds is 4. The molecule has 0 saturated heterocycles. The van der Waals surface area contributed by atoms with E-state index in [0.29, 0.717) is 12.0 Å². The van der Waals surface area contributed by atoms with Crippen molar-refractivity contribution in [1.29, 1.82) is 0 Å². The van der Waals surface area contributed by atoms with Crippen LogP contribution in [0.15, 0.2) is 28.9 Å². The molecule has 0 amide bonds. The molecule has 2 heterocycles. The lowest BCUT2D eigenvalue weighted by molar-refractivity contribution is 0.338. The van der Waals surface area contributed by atoms with Gasteiger partial charge in [0.15, 0.2) is 5.76 Å². The molecule has 5 heteroatoms. The third kappa shape index (κ3) is 2.98. The van der Waals surface area contributed by atoms with E-state index in [2.05, 4.69) is 15.5 Å². The van der Waals surface area contributed by atoms with Crippen LogP contribution in [0.4, 0.5) is 5.82 Å². The van der Waals surface area contributed by atoms with Gasteiger partial charge in [-0.05, 0) is 43.7 Å². The van der Waals surface area contributed by atoms with Crippen LogP contribution in [0.2, 0.25) is 0 Å². The molecule has 102 valence electrons. The standard InChI is InChI=1S/C14H20N4O/c15-11-5-3-10(4-6-11)9-16-14-8-12(17-18-14)13-2-1-7-19-13/h1-2,7-8,10-11H,3-6,9,15H2,(H2,16,17,18)/t10-,11-. The van der Waals surface area contributed by atoms with Crippen LogP contribution in [-0.4, -0.2) is 22.8 Å². The molecule has 5 nitrogen and oxygen atoms in total. The summed E-state index contributed by atoms with van der Waals surface area (Å²) in [4.78, 5) is 0. The molecule has 4 N–H and O–H groups in total. The Labute approximate surface area is 112 Å². The molecule has 1 aliphatic rings. The predicted molar refractivity (Wildman–Crippen MR) is 74.7 cm³/mol.